The Balaban J connectivity index is 2.43. The van der Waals surface area contributed by atoms with E-state index in [2.05, 4.69) is 0 Å². The van der Waals surface area contributed by atoms with E-state index in [9.17, 15) is 19.7 Å². The van der Waals surface area contributed by atoms with Crippen molar-refractivity contribution in [3.8, 4) is 0 Å². The molecule has 0 saturated carbocycles. The molecule has 0 aromatic heterocycles. The predicted molar refractivity (Wildman–Crippen MR) is 69.9 cm³/mol. The highest BCUT2D eigenvalue weighted by Crippen LogP contribution is 2.35. The summed E-state index contributed by atoms with van der Waals surface area (Å²) in [4.78, 5) is 33.4. The molecule has 1 heterocycles. The molecule has 6 heteroatoms. The topological polar surface area (TPSA) is 86.5 Å². The Bertz CT molecular complexity index is 615. The molecule has 0 N–H and O–H groups in total. The zero-order valence-corrected chi connectivity index (χ0v) is 11.1. The van der Waals surface area contributed by atoms with Gasteiger partial charge in [-0.1, -0.05) is 12.1 Å². The van der Waals surface area contributed by atoms with Gasteiger partial charge in [-0.05, 0) is 19.4 Å². The summed E-state index contributed by atoms with van der Waals surface area (Å²) in [6, 6.07) is 5.86. The Morgan fingerprint density at radius 1 is 1.35 bits per heavy atom. The van der Waals surface area contributed by atoms with E-state index >= 15 is 0 Å². The number of nitro benzene ring substituents is 1. The molecule has 0 fully saturated rings. The highest BCUT2D eigenvalue weighted by Gasteiger charge is 2.31. The van der Waals surface area contributed by atoms with Crippen LogP contribution in [0.25, 0.3) is 0 Å². The molecule has 1 aliphatic rings. The highest BCUT2D eigenvalue weighted by molar-refractivity contribution is 5.97. The molecule has 104 valence electrons. The smallest absolute Gasteiger partial charge is 0.311 e. The first-order chi connectivity index (χ1) is 9.40. The number of allylic oxidation sites excluding steroid dienone is 2. The van der Waals surface area contributed by atoms with Crippen LogP contribution < -0.4 is 0 Å². The molecule has 6 nitrogen and oxygen atoms in total. The van der Waals surface area contributed by atoms with Gasteiger partial charge in [0.05, 0.1) is 11.3 Å². The van der Waals surface area contributed by atoms with E-state index in [1.165, 1.54) is 19.1 Å². The van der Waals surface area contributed by atoms with Crippen LogP contribution in [0.5, 0.6) is 0 Å². The largest absolute Gasteiger partial charge is 0.431 e. The fraction of sp³-hybridized carbons (Fsp3) is 0.286. The molecular weight excluding hydrogens is 262 g/mol. The van der Waals surface area contributed by atoms with Crippen molar-refractivity contribution in [2.45, 2.75) is 26.2 Å². The van der Waals surface area contributed by atoms with Crippen LogP contribution in [0.15, 0.2) is 35.6 Å². The number of Topliss-reactive ketones (excluding diaryl/α,β-unsaturated/α-hetero) is 1. The first-order valence-corrected chi connectivity index (χ1v) is 6.07. The molecule has 0 radical (unpaired) electrons. The van der Waals surface area contributed by atoms with Crippen LogP contribution in [-0.2, 0) is 14.3 Å². The van der Waals surface area contributed by atoms with Gasteiger partial charge in [0.2, 0.25) is 0 Å². The quantitative estimate of drug-likeness (QED) is 0.480. The van der Waals surface area contributed by atoms with Crippen LogP contribution in [0.4, 0.5) is 5.69 Å². The second-order valence-corrected chi connectivity index (χ2v) is 4.61. The monoisotopic (exact) mass is 275 g/mol. The van der Waals surface area contributed by atoms with Gasteiger partial charge in [0, 0.05) is 23.6 Å². The molecule has 0 amide bonds. The number of nitro groups is 1. The van der Waals surface area contributed by atoms with Gasteiger partial charge < -0.3 is 4.74 Å². The lowest BCUT2D eigenvalue weighted by Gasteiger charge is -2.25. The number of carbonyl (C=O) groups is 2. The molecule has 0 spiro atoms. The summed E-state index contributed by atoms with van der Waals surface area (Å²) in [7, 11) is 0. The van der Waals surface area contributed by atoms with Gasteiger partial charge in [-0.15, -0.1) is 0 Å². The van der Waals surface area contributed by atoms with Gasteiger partial charge in [-0.25, -0.2) is 0 Å². The Hall–Kier alpha value is -2.50. The molecule has 1 aromatic rings. The van der Waals surface area contributed by atoms with Crippen LogP contribution in [0, 0.1) is 10.1 Å². The fourth-order valence-corrected chi connectivity index (χ4v) is 2.39. The van der Waals surface area contributed by atoms with Crippen LogP contribution in [-0.4, -0.2) is 16.7 Å². The second kappa shape index (κ2) is 5.24. The van der Waals surface area contributed by atoms with Gasteiger partial charge in [0.1, 0.15) is 5.76 Å². The van der Waals surface area contributed by atoms with E-state index < -0.39 is 16.8 Å². The lowest BCUT2D eigenvalue weighted by molar-refractivity contribution is -0.384. The summed E-state index contributed by atoms with van der Waals surface area (Å²) in [6.45, 7) is 2.99. The molecule has 1 atom stereocenters. The van der Waals surface area contributed by atoms with Gasteiger partial charge >= 0.3 is 5.97 Å². The SMILES string of the molecule is CC(=O)C1=C(C)OC(=O)C[C@H]1c1ccc([N+](=O)[O-])cc1. The van der Waals surface area contributed by atoms with E-state index in [0.29, 0.717) is 16.9 Å². The summed E-state index contributed by atoms with van der Waals surface area (Å²) >= 11 is 0. The van der Waals surface area contributed by atoms with Crippen LogP contribution in [0.2, 0.25) is 0 Å². The van der Waals surface area contributed by atoms with E-state index in [-0.39, 0.29) is 17.9 Å². The first-order valence-electron chi connectivity index (χ1n) is 6.07. The van der Waals surface area contributed by atoms with Crippen molar-refractivity contribution < 1.29 is 19.2 Å². The predicted octanol–water partition coefficient (Wildman–Crippen LogP) is 2.49. The third-order valence-corrected chi connectivity index (χ3v) is 3.25. The minimum absolute atomic E-state index is 0.0304. The summed E-state index contributed by atoms with van der Waals surface area (Å²) in [6.07, 6.45) is 0.0596. The second-order valence-electron chi connectivity index (χ2n) is 4.61. The third-order valence-electron chi connectivity index (χ3n) is 3.25. The number of ether oxygens (including phenoxy) is 1. The van der Waals surface area contributed by atoms with Crippen molar-refractivity contribution in [3.63, 3.8) is 0 Å². The Labute approximate surface area is 115 Å². The molecule has 2 rings (SSSR count). The third kappa shape index (κ3) is 2.59. The average molecular weight is 275 g/mol. The normalized spacial score (nSPS) is 18.7. The maximum atomic E-state index is 11.7. The molecule has 0 saturated heterocycles. The molecule has 0 bridgehead atoms. The zero-order chi connectivity index (χ0) is 14.9. The molecule has 1 aliphatic heterocycles. The standard InChI is InChI=1S/C14H13NO5/c1-8(16)14-9(2)20-13(17)7-12(14)10-3-5-11(6-4-10)15(18)19/h3-6,12H,7H2,1-2H3/t12-/m0/s1. The molecule has 1 aromatic carbocycles. The Morgan fingerprint density at radius 2 is 1.95 bits per heavy atom. The minimum atomic E-state index is -0.494. The zero-order valence-electron chi connectivity index (χ0n) is 11.1. The van der Waals surface area contributed by atoms with Gasteiger partial charge in [-0.2, -0.15) is 0 Å². The van der Waals surface area contributed by atoms with E-state index in [0.717, 1.165) is 0 Å². The van der Waals surface area contributed by atoms with Crippen molar-refractivity contribution in [3.05, 3.63) is 51.3 Å². The number of benzene rings is 1. The van der Waals surface area contributed by atoms with Gasteiger partial charge in [0.25, 0.3) is 5.69 Å². The number of hydrogen-bond donors (Lipinski definition) is 0. The van der Waals surface area contributed by atoms with Gasteiger partial charge in [0.15, 0.2) is 5.78 Å². The van der Waals surface area contributed by atoms with E-state index in [1.807, 2.05) is 0 Å². The molecule has 0 unspecified atom stereocenters. The average Bonchev–Trinajstić information content (AvgIpc) is 2.37. The van der Waals surface area contributed by atoms with Crippen LogP contribution >= 0.6 is 0 Å². The van der Waals surface area contributed by atoms with Crippen molar-refractivity contribution >= 4 is 17.4 Å². The number of carbonyl (C=O) groups excluding carboxylic acids is 2. The fourth-order valence-electron chi connectivity index (χ4n) is 2.39. The number of cyclic esters (lactones) is 1. The summed E-state index contributed by atoms with van der Waals surface area (Å²) < 4.78 is 4.99. The van der Waals surface area contributed by atoms with Crippen LogP contribution in [0.1, 0.15) is 31.7 Å². The minimum Gasteiger partial charge on any atom is -0.431 e. The van der Waals surface area contributed by atoms with Crippen molar-refractivity contribution in [1.82, 2.24) is 0 Å². The molecular formula is C14H13NO5. The summed E-state index contributed by atoms with van der Waals surface area (Å²) in [5, 5.41) is 10.6. The molecule has 0 aliphatic carbocycles. The lowest BCUT2D eigenvalue weighted by Crippen LogP contribution is -2.23. The van der Waals surface area contributed by atoms with Crippen molar-refractivity contribution in [1.29, 1.82) is 0 Å². The summed E-state index contributed by atoms with van der Waals surface area (Å²) in [5.74, 6) is -0.680. The van der Waals surface area contributed by atoms with E-state index in [1.54, 1.807) is 19.1 Å². The van der Waals surface area contributed by atoms with E-state index in [4.69, 9.17) is 4.74 Å². The Morgan fingerprint density at radius 3 is 2.45 bits per heavy atom. The molecule has 20 heavy (non-hydrogen) atoms. The van der Waals surface area contributed by atoms with Crippen molar-refractivity contribution in [2.75, 3.05) is 0 Å². The maximum absolute atomic E-state index is 11.7. The Kier molecular flexibility index (Phi) is 3.65. The number of non-ortho nitro benzene ring substituents is 1. The van der Waals surface area contributed by atoms with Crippen LogP contribution in [0.3, 0.4) is 0 Å². The first kappa shape index (κ1) is 13.9. The number of esters is 1. The maximum Gasteiger partial charge on any atom is 0.311 e. The van der Waals surface area contributed by atoms with Gasteiger partial charge in [-0.3, -0.25) is 19.7 Å². The number of hydrogen-bond acceptors (Lipinski definition) is 5. The lowest BCUT2D eigenvalue weighted by atomic mass is 9.84. The highest BCUT2D eigenvalue weighted by atomic mass is 16.6. The number of rotatable bonds is 3. The number of ketones is 1. The summed E-state index contributed by atoms with van der Waals surface area (Å²) in [5.41, 5.74) is 1.10. The number of nitrogens with zero attached hydrogens (tertiary/aromatic N) is 1. The van der Waals surface area contributed by atoms with Crippen molar-refractivity contribution in [2.24, 2.45) is 0 Å².